The summed E-state index contributed by atoms with van der Waals surface area (Å²) in [4.78, 5) is 1.94. The van der Waals surface area contributed by atoms with E-state index in [0.717, 1.165) is 32.2 Å². The van der Waals surface area contributed by atoms with Crippen LogP contribution in [-0.2, 0) is 0 Å². The van der Waals surface area contributed by atoms with E-state index in [4.69, 9.17) is 0 Å². The number of hydrogen-bond donors (Lipinski definition) is 1. The summed E-state index contributed by atoms with van der Waals surface area (Å²) < 4.78 is 26.6. The summed E-state index contributed by atoms with van der Waals surface area (Å²) in [5.41, 5.74) is 1.00. The third kappa shape index (κ3) is 2.09. The molecule has 0 aromatic heterocycles. The Kier molecular flexibility index (Phi) is 2.86. The molecule has 0 radical (unpaired) electrons. The second-order valence-electron chi connectivity index (χ2n) is 3.79. The van der Waals surface area contributed by atoms with Gasteiger partial charge in [0.25, 0.3) is 0 Å². The lowest BCUT2D eigenvalue weighted by atomic mass is 10.1. The monoisotopic (exact) mass is 212 g/mol. The van der Waals surface area contributed by atoms with Gasteiger partial charge in [0.15, 0.2) is 0 Å². The van der Waals surface area contributed by atoms with Gasteiger partial charge in [0.2, 0.25) is 0 Å². The Morgan fingerprint density at radius 3 is 2.47 bits per heavy atom. The standard InChI is InChI=1S/C11H14F2N2/c1-8-6-11(10(13)7-9(8)12)15-4-2-14-3-5-15/h6-7,14H,2-5H2,1H3. The van der Waals surface area contributed by atoms with Crippen molar-refractivity contribution >= 4 is 5.69 Å². The molecule has 82 valence electrons. The summed E-state index contributed by atoms with van der Waals surface area (Å²) >= 11 is 0. The molecule has 1 fully saturated rings. The molecule has 1 saturated heterocycles. The predicted molar refractivity (Wildman–Crippen MR) is 56.2 cm³/mol. The third-order valence-corrected chi connectivity index (χ3v) is 2.69. The summed E-state index contributed by atoms with van der Waals surface area (Å²) in [7, 11) is 0. The van der Waals surface area contributed by atoms with Crippen LogP contribution < -0.4 is 10.2 Å². The van der Waals surface area contributed by atoms with Crippen molar-refractivity contribution in [3.63, 3.8) is 0 Å². The number of hydrogen-bond acceptors (Lipinski definition) is 2. The van der Waals surface area contributed by atoms with Crippen LogP contribution in [-0.4, -0.2) is 26.2 Å². The number of benzene rings is 1. The maximum atomic E-state index is 13.5. The van der Waals surface area contributed by atoms with Crippen molar-refractivity contribution in [3.8, 4) is 0 Å². The highest BCUT2D eigenvalue weighted by molar-refractivity contribution is 5.50. The van der Waals surface area contributed by atoms with E-state index >= 15 is 0 Å². The Hall–Kier alpha value is -1.16. The minimum atomic E-state index is -0.480. The number of nitrogens with zero attached hydrogens (tertiary/aromatic N) is 1. The Morgan fingerprint density at radius 2 is 1.80 bits per heavy atom. The molecule has 1 aliphatic heterocycles. The maximum Gasteiger partial charge on any atom is 0.149 e. The van der Waals surface area contributed by atoms with Crippen LogP contribution in [0.15, 0.2) is 12.1 Å². The zero-order valence-corrected chi connectivity index (χ0v) is 8.69. The molecule has 1 aliphatic rings. The molecule has 0 atom stereocenters. The first-order valence-electron chi connectivity index (χ1n) is 5.10. The maximum absolute atomic E-state index is 13.5. The fraction of sp³-hybridized carbons (Fsp3) is 0.455. The van der Waals surface area contributed by atoms with Crippen LogP contribution in [0.4, 0.5) is 14.5 Å². The smallest absolute Gasteiger partial charge is 0.149 e. The van der Waals surface area contributed by atoms with Gasteiger partial charge >= 0.3 is 0 Å². The van der Waals surface area contributed by atoms with Crippen molar-refractivity contribution < 1.29 is 8.78 Å². The van der Waals surface area contributed by atoms with Gasteiger partial charge in [-0.2, -0.15) is 0 Å². The van der Waals surface area contributed by atoms with E-state index in [2.05, 4.69) is 5.32 Å². The van der Waals surface area contributed by atoms with Gasteiger partial charge < -0.3 is 10.2 Å². The van der Waals surface area contributed by atoms with Gasteiger partial charge in [0, 0.05) is 32.2 Å². The molecular weight excluding hydrogens is 198 g/mol. The minimum absolute atomic E-state index is 0.472. The number of anilines is 1. The number of aryl methyl sites for hydroxylation is 1. The molecule has 15 heavy (non-hydrogen) atoms. The second-order valence-corrected chi connectivity index (χ2v) is 3.79. The molecule has 1 heterocycles. The quantitative estimate of drug-likeness (QED) is 0.762. The summed E-state index contributed by atoms with van der Waals surface area (Å²) in [6, 6.07) is 2.54. The molecule has 0 aliphatic carbocycles. The highest BCUT2D eigenvalue weighted by Crippen LogP contribution is 2.23. The highest BCUT2D eigenvalue weighted by Gasteiger charge is 2.15. The lowest BCUT2D eigenvalue weighted by Crippen LogP contribution is -2.43. The van der Waals surface area contributed by atoms with E-state index < -0.39 is 11.6 Å². The molecule has 2 rings (SSSR count). The fourth-order valence-corrected chi connectivity index (χ4v) is 1.79. The van der Waals surface area contributed by atoms with Crippen LogP contribution in [0.3, 0.4) is 0 Å². The van der Waals surface area contributed by atoms with Gasteiger partial charge in [-0.3, -0.25) is 0 Å². The van der Waals surface area contributed by atoms with Crippen molar-refractivity contribution in [1.82, 2.24) is 5.32 Å². The molecule has 0 spiro atoms. The predicted octanol–water partition coefficient (Wildman–Crippen LogP) is 1.68. The SMILES string of the molecule is Cc1cc(N2CCNCC2)c(F)cc1F. The largest absolute Gasteiger partial charge is 0.367 e. The Labute approximate surface area is 87.9 Å². The lowest BCUT2D eigenvalue weighted by Gasteiger charge is -2.30. The summed E-state index contributed by atoms with van der Waals surface area (Å²) in [6.07, 6.45) is 0. The zero-order chi connectivity index (χ0) is 10.8. The molecule has 0 amide bonds. The third-order valence-electron chi connectivity index (χ3n) is 2.69. The molecule has 1 aromatic rings. The Bertz CT molecular complexity index is 360. The lowest BCUT2D eigenvalue weighted by molar-refractivity contribution is 0.551. The second kappa shape index (κ2) is 4.14. The van der Waals surface area contributed by atoms with E-state index in [1.807, 2.05) is 4.90 Å². The zero-order valence-electron chi connectivity index (χ0n) is 8.69. The van der Waals surface area contributed by atoms with E-state index in [0.29, 0.717) is 11.3 Å². The van der Waals surface area contributed by atoms with Crippen LogP contribution in [0.2, 0.25) is 0 Å². The topological polar surface area (TPSA) is 15.3 Å². The van der Waals surface area contributed by atoms with Gasteiger partial charge in [0.1, 0.15) is 11.6 Å². The van der Waals surface area contributed by atoms with Gasteiger partial charge in [-0.1, -0.05) is 0 Å². The van der Waals surface area contributed by atoms with E-state index in [1.165, 1.54) is 0 Å². The summed E-state index contributed by atoms with van der Waals surface area (Å²) in [6.45, 7) is 4.87. The van der Waals surface area contributed by atoms with Crippen LogP contribution in [0.5, 0.6) is 0 Å². The molecule has 0 bridgehead atoms. The average molecular weight is 212 g/mol. The van der Waals surface area contributed by atoms with Crippen LogP contribution >= 0.6 is 0 Å². The van der Waals surface area contributed by atoms with Crippen molar-refractivity contribution in [3.05, 3.63) is 29.3 Å². The number of piperazine rings is 1. The van der Waals surface area contributed by atoms with E-state index in [9.17, 15) is 8.78 Å². The number of rotatable bonds is 1. The highest BCUT2D eigenvalue weighted by atomic mass is 19.1. The van der Waals surface area contributed by atoms with Gasteiger partial charge in [-0.15, -0.1) is 0 Å². The van der Waals surface area contributed by atoms with E-state index in [-0.39, 0.29) is 0 Å². The van der Waals surface area contributed by atoms with E-state index in [1.54, 1.807) is 13.0 Å². The van der Waals surface area contributed by atoms with Crippen molar-refractivity contribution in [2.24, 2.45) is 0 Å². The van der Waals surface area contributed by atoms with Crippen molar-refractivity contribution in [2.45, 2.75) is 6.92 Å². The summed E-state index contributed by atoms with van der Waals surface area (Å²) in [5.74, 6) is -0.952. The van der Waals surface area contributed by atoms with Gasteiger partial charge in [-0.05, 0) is 18.6 Å². The molecule has 4 heteroatoms. The van der Waals surface area contributed by atoms with Crippen molar-refractivity contribution in [2.75, 3.05) is 31.1 Å². The average Bonchev–Trinajstić information content (AvgIpc) is 2.25. The minimum Gasteiger partial charge on any atom is -0.367 e. The Morgan fingerprint density at radius 1 is 1.13 bits per heavy atom. The first kappa shape index (κ1) is 10.4. The molecule has 1 N–H and O–H groups in total. The summed E-state index contributed by atoms with van der Waals surface area (Å²) in [5, 5.41) is 3.19. The fourth-order valence-electron chi connectivity index (χ4n) is 1.79. The van der Waals surface area contributed by atoms with Gasteiger partial charge in [-0.25, -0.2) is 8.78 Å². The Balaban J connectivity index is 2.30. The number of halogens is 2. The van der Waals surface area contributed by atoms with Crippen LogP contribution in [0.1, 0.15) is 5.56 Å². The number of nitrogens with one attached hydrogen (secondary N) is 1. The molecular formula is C11H14F2N2. The molecule has 0 unspecified atom stereocenters. The molecule has 2 nitrogen and oxygen atoms in total. The first-order chi connectivity index (χ1) is 7.18. The molecule has 0 saturated carbocycles. The van der Waals surface area contributed by atoms with Crippen molar-refractivity contribution in [1.29, 1.82) is 0 Å². The molecule has 1 aromatic carbocycles. The normalized spacial score (nSPS) is 16.9. The van der Waals surface area contributed by atoms with Crippen LogP contribution in [0, 0.1) is 18.6 Å². The first-order valence-corrected chi connectivity index (χ1v) is 5.10. The van der Waals surface area contributed by atoms with Crippen LogP contribution in [0.25, 0.3) is 0 Å². The van der Waals surface area contributed by atoms with Gasteiger partial charge in [0.05, 0.1) is 5.69 Å².